The molecule has 1 aliphatic heterocycles. The molecule has 6 heteroatoms. The molecule has 0 saturated heterocycles. The van der Waals surface area contributed by atoms with Crippen LogP contribution in [0, 0.1) is 0 Å². The Balaban J connectivity index is 1.55. The molecule has 1 unspecified atom stereocenters. The molecule has 1 aliphatic rings. The van der Waals surface area contributed by atoms with Crippen molar-refractivity contribution >= 4 is 5.91 Å². The molecule has 1 aromatic heterocycles. The smallest absolute Gasteiger partial charge is 0.273 e. The van der Waals surface area contributed by atoms with Crippen LogP contribution < -0.4 is 9.47 Å². The Morgan fingerprint density at radius 3 is 2.44 bits per heavy atom. The first-order chi connectivity index (χ1) is 17.7. The van der Waals surface area contributed by atoms with Gasteiger partial charge in [0.2, 0.25) is 0 Å². The molecule has 3 aromatic carbocycles. The fourth-order valence-corrected chi connectivity index (χ4v) is 4.78. The monoisotopic (exact) mass is 481 g/mol. The number of rotatable bonds is 10. The van der Waals surface area contributed by atoms with E-state index in [0.29, 0.717) is 30.3 Å². The summed E-state index contributed by atoms with van der Waals surface area (Å²) in [5.74, 6) is 1.34. The lowest BCUT2D eigenvalue weighted by Crippen LogP contribution is -2.31. The number of hydrogen-bond acceptors (Lipinski definition) is 4. The summed E-state index contributed by atoms with van der Waals surface area (Å²) in [6.07, 6.45) is 2.80. The minimum absolute atomic E-state index is 0.0390. The van der Waals surface area contributed by atoms with Crippen LogP contribution in [-0.4, -0.2) is 41.3 Å². The van der Waals surface area contributed by atoms with Gasteiger partial charge in [-0.2, -0.15) is 5.10 Å². The van der Waals surface area contributed by atoms with Crippen LogP contribution in [0.3, 0.4) is 0 Å². The molecule has 2 heterocycles. The number of unbranched alkanes of at least 4 members (excludes halogenated alkanes) is 1. The number of nitrogens with one attached hydrogen (secondary N) is 1. The van der Waals surface area contributed by atoms with Crippen LogP contribution in [0.1, 0.15) is 53.0 Å². The lowest BCUT2D eigenvalue weighted by atomic mass is 9.95. The number of aromatic nitrogens is 2. The van der Waals surface area contributed by atoms with Gasteiger partial charge < -0.3 is 14.4 Å². The fourth-order valence-electron chi connectivity index (χ4n) is 4.78. The van der Waals surface area contributed by atoms with E-state index in [9.17, 15) is 4.79 Å². The first-order valence-electron chi connectivity index (χ1n) is 12.5. The molecular formula is C30H31N3O3. The van der Waals surface area contributed by atoms with Crippen molar-refractivity contribution in [1.29, 1.82) is 0 Å². The molecule has 1 atom stereocenters. The van der Waals surface area contributed by atoms with Crippen molar-refractivity contribution in [3.8, 4) is 22.8 Å². The summed E-state index contributed by atoms with van der Waals surface area (Å²) >= 11 is 0. The average molecular weight is 482 g/mol. The second-order valence-corrected chi connectivity index (χ2v) is 8.98. The van der Waals surface area contributed by atoms with Gasteiger partial charge in [0, 0.05) is 17.7 Å². The number of carbonyl (C=O) groups excluding carboxylic acids is 1. The maximum Gasteiger partial charge on any atom is 0.273 e. The van der Waals surface area contributed by atoms with Gasteiger partial charge in [-0.1, -0.05) is 80.1 Å². The number of methoxy groups -OCH3 is 1. The molecule has 0 spiro atoms. The maximum atomic E-state index is 13.6. The van der Waals surface area contributed by atoms with Crippen molar-refractivity contribution in [3.63, 3.8) is 0 Å². The summed E-state index contributed by atoms with van der Waals surface area (Å²) in [5, 5.41) is 7.61. The molecule has 6 nitrogen and oxygen atoms in total. The Morgan fingerprint density at radius 2 is 1.72 bits per heavy atom. The number of carbonyl (C=O) groups is 1. The zero-order valence-corrected chi connectivity index (χ0v) is 20.7. The number of nitrogens with zero attached hydrogens (tertiary/aromatic N) is 2. The van der Waals surface area contributed by atoms with Gasteiger partial charge in [0.15, 0.2) is 11.5 Å². The topological polar surface area (TPSA) is 67.5 Å². The van der Waals surface area contributed by atoms with E-state index in [-0.39, 0.29) is 11.9 Å². The Hall–Kier alpha value is -4.06. The van der Waals surface area contributed by atoms with E-state index in [2.05, 4.69) is 29.3 Å². The Bertz CT molecular complexity index is 1320. The predicted octanol–water partition coefficient (Wildman–Crippen LogP) is 6.05. The number of benzene rings is 3. The highest BCUT2D eigenvalue weighted by atomic mass is 16.5. The lowest BCUT2D eigenvalue weighted by Gasteiger charge is -2.27. The summed E-state index contributed by atoms with van der Waals surface area (Å²) in [4.78, 5) is 15.6. The van der Waals surface area contributed by atoms with E-state index in [1.165, 1.54) is 5.56 Å². The summed E-state index contributed by atoms with van der Waals surface area (Å²) in [6.45, 7) is 3.36. The third kappa shape index (κ3) is 4.59. The third-order valence-electron chi connectivity index (χ3n) is 6.65. The predicted molar refractivity (Wildman–Crippen MR) is 140 cm³/mol. The van der Waals surface area contributed by atoms with Gasteiger partial charge in [-0.3, -0.25) is 9.89 Å². The highest BCUT2D eigenvalue weighted by molar-refractivity contribution is 6.00. The zero-order chi connectivity index (χ0) is 24.9. The number of aromatic amines is 1. The summed E-state index contributed by atoms with van der Waals surface area (Å²) in [7, 11) is 1.65. The standard InChI is InChI=1S/C30H31N3O3/c1-3-4-19-36-24-16-15-23(20-25(24)35-2)29-26-27(22-13-9-6-10-14-22)31-32-28(26)30(34)33(29)18-17-21-11-7-5-8-12-21/h5-16,20,29H,3-4,17-19H2,1-2H3,(H,31,32). The Labute approximate surface area is 211 Å². The van der Waals surface area contributed by atoms with Gasteiger partial charge in [0.1, 0.15) is 5.69 Å². The van der Waals surface area contributed by atoms with E-state index < -0.39 is 0 Å². The number of amides is 1. The quantitative estimate of drug-likeness (QED) is 0.280. The van der Waals surface area contributed by atoms with E-state index in [4.69, 9.17) is 9.47 Å². The minimum Gasteiger partial charge on any atom is -0.493 e. The summed E-state index contributed by atoms with van der Waals surface area (Å²) in [6, 6.07) is 25.9. The van der Waals surface area contributed by atoms with Crippen LogP contribution in [0.15, 0.2) is 78.9 Å². The van der Waals surface area contributed by atoms with E-state index in [0.717, 1.165) is 41.6 Å². The molecule has 0 radical (unpaired) electrons. The van der Waals surface area contributed by atoms with Crippen LogP contribution in [-0.2, 0) is 6.42 Å². The molecule has 1 N–H and O–H groups in total. The average Bonchev–Trinajstić information content (AvgIpc) is 3.47. The Morgan fingerprint density at radius 1 is 0.972 bits per heavy atom. The van der Waals surface area contributed by atoms with Crippen molar-refractivity contribution in [2.45, 2.75) is 32.2 Å². The summed E-state index contributed by atoms with van der Waals surface area (Å²) < 4.78 is 11.7. The summed E-state index contributed by atoms with van der Waals surface area (Å²) in [5.41, 5.74) is 5.39. The van der Waals surface area contributed by atoms with Gasteiger partial charge in [0.25, 0.3) is 5.91 Å². The van der Waals surface area contributed by atoms with Crippen LogP contribution in [0.5, 0.6) is 11.5 Å². The fraction of sp³-hybridized carbons (Fsp3) is 0.267. The minimum atomic E-state index is -0.288. The molecular weight excluding hydrogens is 450 g/mol. The normalized spacial score (nSPS) is 14.7. The molecule has 0 bridgehead atoms. The van der Waals surface area contributed by atoms with Crippen molar-refractivity contribution in [3.05, 3.63) is 101 Å². The van der Waals surface area contributed by atoms with Crippen molar-refractivity contribution in [2.24, 2.45) is 0 Å². The second kappa shape index (κ2) is 10.7. The van der Waals surface area contributed by atoms with Gasteiger partial charge in [-0.25, -0.2) is 0 Å². The zero-order valence-electron chi connectivity index (χ0n) is 20.7. The van der Waals surface area contributed by atoms with Gasteiger partial charge in [0.05, 0.1) is 25.5 Å². The van der Waals surface area contributed by atoms with Gasteiger partial charge in [-0.05, 0) is 36.1 Å². The number of hydrogen-bond donors (Lipinski definition) is 1. The molecule has 0 aliphatic carbocycles. The SMILES string of the molecule is CCCCOc1ccc(C2c3c(-c4ccccc4)n[nH]c3C(=O)N2CCc2ccccc2)cc1OC. The van der Waals surface area contributed by atoms with E-state index >= 15 is 0 Å². The van der Waals surface area contributed by atoms with Crippen molar-refractivity contribution in [2.75, 3.05) is 20.3 Å². The first kappa shape index (κ1) is 23.7. The Kier molecular flexibility index (Phi) is 7.03. The number of fused-ring (bicyclic) bond motifs is 1. The molecule has 5 rings (SSSR count). The van der Waals surface area contributed by atoms with E-state index in [1.807, 2.05) is 71.6 Å². The molecule has 36 heavy (non-hydrogen) atoms. The van der Waals surface area contributed by atoms with Crippen LogP contribution >= 0.6 is 0 Å². The number of ether oxygens (including phenoxy) is 2. The van der Waals surface area contributed by atoms with Crippen LogP contribution in [0.4, 0.5) is 0 Å². The lowest BCUT2D eigenvalue weighted by molar-refractivity contribution is 0.0745. The third-order valence-corrected chi connectivity index (χ3v) is 6.65. The second-order valence-electron chi connectivity index (χ2n) is 8.98. The van der Waals surface area contributed by atoms with Gasteiger partial charge >= 0.3 is 0 Å². The highest BCUT2D eigenvalue weighted by Crippen LogP contribution is 2.44. The maximum absolute atomic E-state index is 13.6. The molecule has 1 amide bonds. The van der Waals surface area contributed by atoms with E-state index in [1.54, 1.807) is 7.11 Å². The van der Waals surface area contributed by atoms with Crippen molar-refractivity contribution < 1.29 is 14.3 Å². The molecule has 0 saturated carbocycles. The molecule has 184 valence electrons. The van der Waals surface area contributed by atoms with Gasteiger partial charge in [-0.15, -0.1) is 0 Å². The number of H-pyrrole nitrogens is 1. The largest absolute Gasteiger partial charge is 0.493 e. The van der Waals surface area contributed by atoms with Crippen LogP contribution in [0.25, 0.3) is 11.3 Å². The first-order valence-corrected chi connectivity index (χ1v) is 12.5. The highest BCUT2D eigenvalue weighted by Gasteiger charge is 2.42. The molecule has 4 aromatic rings. The van der Waals surface area contributed by atoms with Crippen molar-refractivity contribution in [1.82, 2.24) is 15.1 Å². The van der Waals surface area contributed by atoms with Crippen LogP contribution in [0.2, 0.25) is 0 Å². The molecule has 0 fully saturated rings.